The average Bonchev–Trinajstić information content (AvgIpc) is 0.765. The molecule has 0 aliphatic rings. The third kappa shape index (κ3) is 22.4. The summed E-state index contributed by atoms with van der Waals surface area (Å²) in [5.74, 6) is 0.344. The zero-order valence-corrected chi connectivity index (χ0v) is 62.6. The minimum absolute atomic E-state index is 0.0285. The predicted molar refractivity (Wildman–Crippen MR) is 403 cm³/mol. The van der Waals surface area contributed by atoms with Crippen molar-refractivity contribution in [2.24, 2.45) is 21.1 Å². The number of aryl methyl sites for hydroxylation is 3. The van der Waals surface area contributed by atoms with Gasteiger partial charge in [0.2, 0.25) is 0 Å². The van der Waals surface area contributed by atoms with Gasteiger partial charge in [0.05, 0.1) is 39.8 Å². The lowest BCUT2D eigenvalue weighted by atomic mass is 9.99. The Labute approximate surface area is 623 Å². The van der Waals surface area contributed by atoms with Crippen molar-refractivity contribution < 1.29 is 65.7 Å². The standard InChI is InChI=1S/C26H23F3N2O5.C20H22N2O4.C19H20N2O4.C7H4F3IO.BBr3/c1-30-21-11-12-22(35-18-9-5-10-19(16-18)36-26(27,28)29)20(15-17-7-3-2-4-8-17)23(21)24(33)31(25(30)34)13-6-14-32;1-21-16-9-10-17(26-2)15(13-14-7-4-3-5-8-14)18(16)19(24)22(20(21)25)11-6-12-23;1-20-15-8-9-16(23)14(12-13-6-3-2-4-7-13)17(15)18(24)21(19(20)25)10-5-11-22;8-7(9,10)12-6-3-1-2-5(11)4-6;2-1(3)4/h2-5,7-12,16,32H,6,13-15H2,1H3;3-5,7-10,23H,6,11-13H2,1-2H3;2-4,6-9,22-23H,5,10-12H2,1H3;1-4H;. The molecule has 11 rings (SSSR count). The number of rotatable bonds is 20. The minimum Gasteiger partial charge on any atom is -0.508 e. The van der Waals surface area contributed by atoms with E-state index in [-0.39, 0.29) is 95.1 Å². The van der Waals surface area contributed by atoms with E-state index in [0.29, 0.717) is 73.5 Å². The molecular formula is C72H69BBr3F6IN6O14. The molecule has 0 radical (unpaired) electrons. The van der Waals surface area contributed by atoms with E-state index in [9.17, 15) is 65.3 Å². The molecule has 103 heavy (non-hydrogen) atoms. The predicted octanol–water partition coefficient (Wildman–Crippen LogP) is 12.8. The lowest BCUT2D eigenvalue weighted by Gasteiger charge is -2.17. The number of phenols is 1. The Balaban J connectivity index is 0.000000198. The third-order valence-corrected chi connectivity index (χ3v) is 16.3. The van der Waals surface area contributed by atoms with E-state index in [1.807, 2.05) is 114 Å². The summed E-state index contributed by atoms with van der Waals surface area (Å²) in [6, 6.07) is 49.2. The Bertz CT molecular complexity index is 5080. The number of ether oxygens (including phenoxy) is 4. The van der Waals surface area contributed by atoms with Crippen LogP contribution in [0.4, 0.5) is 26.3 Å². The largest absolute Gasteiger partial charge is 0.573 e. The van der Waals surface area contributed by atoms with Gasteiger partial charge in [-0.05, 0) is 125 Å². The van der Waals surface area contributed by atoms with Gasteiger partial charge >= 0.3 is 33.0 Å². The molecule has 0 fully saturated rings. The van der Waals surface area contributed by atoms with E-state index in [2.05, 4.69) is 56.7 Å². The van der Waals surface area contributed by atoms with Crippen molar-refractivity contribution in [3.63, 3.8) is 0 Å². The van der Waals surface area contributed by atoms with E-state index in [1.54, 1.807) is 64.7 Å². The Morgan fingerprint density at radius 2 is 0.767 bits per heavy atom. The zero-order chi connectivity index (χ0) is 75.3. The topological polar surface area (TPSA) is 250 Å². The number of benzene rings is 8. The van der Waals surface area contributed by atoms with Crippen LogP contribution >= 0.6 is 69.9 Å². The van der Waals surface area contributed by atoms with Crippen LogP contribution in [0.1, 0.15) is 52.6 Å². The number of methoxy groups -OCH3 is 1. The molecule has 0 bridgehead atoms. The van der Waals surface area contributed by atoms with Gasteiger partial charge < -0.3 is 39.4 Å². The molecule has 8 aromatic carbocycles. The van der Waals surface area contributed by atoms with Gasteiger partial charge in [0.25, 0.3) is 16.7 Å². The fourth-order valence-electron chi connectivity index (χ4n) is 11.0. The molecule has 0 aliphatic carbocycles. The van der Waals surface area contributed by atoms with E-state index in [4.69, 9.17) is 19.7 Å². The summed E-state index contributed by atoms with van der Waals surface area (Å²) < 4.78 is 101. The minimum atomic E-state index is -4.86. The number of hydrogen-bond donors (Lipinski definition) is 4. The first-order chi connectivity index (χ1) is 49.0. The molecule has 31 heteroatoms. The van der Waals surface area contributed by atoms with Crippen molar-refractivity contribution in [3.05, 3.63) is 275 Å². The first-order valence-corrected chi connectivity index (χ1v) is 35.2. The van der Waals surface area contributed by atoms with Crippen LogP contribution in [-0.4, -0.2) is 90.7 Å². The molecule has 3 aromatic heterocycles. The lowest BCUT2D eigenvalue weighted by molar-refractivity contribution is -0.275. The molecule has 0 amide bonds. The maximum atomic E-state index is 13.5. The van der Waals surface area contributed by atoms with Crippen molar-refractivity contribution >= 4 is 106 Å². The van der Waals surface area contributed by atoms with E-state index in [0.717, 1.165) is 43.5 Å². The second kappa shape index (κ2) is 38.2. The van der Waals surface area contributed by atoms with Gasteiger partial charge in [-0.25, -0.2) is 14.4 Å². The van der Waals surface area contributed by atoms with Crippen LogP contribution in [0.5, 0.6) is 34.5 Å². The first-order valence-electron chi connectivity index (χ1n) is 31.4. The van der Waals surface area contributed by atoms with Crippen molar-refractivity contribution in [2.75, 3.05) is 26.9 Å². The van der Waals surface area contributed by atoms with Crippen molar-refractivity contribution in [1.82, 2.24) is 27.4 Å². The van der Waals surface area contributed by atoms with E-state index < -0.39 is 41.0 Å². The molecule has 0 saturated carbocycles. The monoisotopic (exact) mass is 1730 g/mol. The molecule has 0 unspecified atom stereocenters. The Morgan fingerprint density at radius 3 is 1.14 bits per heavy atom. The van der Waals surface area contributed by atoms with Crippen molar-refractivity contribution in [3.8, 4) is 34.5 Å². The Hall–Kier alpha value is -8.73. The molecule has 11 aromatic rings. The molecule has 4 N–H and O–H groups in total. The highest BCUT2D eigenvalue weighted by Crippen LogP contribution is 2.35. The molecular weight excluding hydrogens is 1660 g/mol. The number of fused-ring (bicyclic) bond motifs is 3. The number of alkyl halides is 6. The summed E-state index contributed by atoms with van der Waals surface area (Å²) >= 11 is 11.2. The number of aromatic nitrogens is 6. The van der Waals surface area contributed by atoms with Gasteiger partial charge in [-0.15, -0.1) is 73.6 Å². The van der Waals surface area contributed by atoms with Gasteiger partial charge in [0.15, 0.2) is 0 Å². The average molecular weight is 1730 g/mol. The number of aliphatic hydroxyl groups is 3. The second-order valence-electron chi connectivity index (χ2n) is 22.5. The number of phenolic OH excluding ortho intramolecular Hbond substituents is 1. The Kier molecular flexibility index (Phi) is 30.2. The maximum absolute atomic E-state index is 13.5. The van der Waals surface area contributed by atoms with Crippen LogP contribution in [-0.2, 0) is 60.0 Å². The molecule has 3 heterocycles. The molecule has 0 saturated heterocycles. The SMILES string of the molecule is BrB(Br)Br.COc1ccc2c(c1Cc1ccccc1)c(=O)n(CCCO)c(=O)n2C.Cn1c(=O)n(CCCO)c(=O)c2c(Cc3ccccc3)c(O)ccc21.Cn1c(=O)n(CCCO)c(=O)c2c(Cc3ccccc3)c(Oc3cccc(OC(F)(F)F)c3)ccc21.FC(F)(F)Oc1cccc(I)c1. The van der Waals surface area contributed by atoms with Crippen molar-refractivity contribution in [2.45, 2.75) is 70.9 Å². The van der Waals surface area contributed by atoms with Crippen LogP contribution in [0, 0.1) is 3.57 Å². The normalized spacial score (nSPS) is 11.1. The molecule has 0 aliphatic heterocycles. The van der Waals surface area contributed by atoms with E-state index >= 15 is 0 Å². The molecule has 0 atom stereocenters. The van der Waals surface area contributed by atoms with Gasteiger partial charge in [0.1, 0.15) is 34.5 Å². The summed E-state index contributed by atoms with van der Waals surface area (Å²) in [5.41, 5.74) is 3.40. The highest BCUT2D eigenvalue weighted by molar-refractivity contribution is 14.1. The fraction of sp³-hybridized carbons (Fsp3) is 0.250. The number of hydrogen-bond acceptors (Lipinski definition) is 14. The van der Waals surface area contributed by atoms with Crippen molar-refractivity contribution in [1.29, 1.82) is 0 Å². The quantitative estimate of drug-likeness (QED) is 0.0315. The van der Waals surface area contributed by atoms with Gasteiger partial charge in [-0.2, -0.15) is 0 Å². The van der Waals surface area contributed by atoms with Gasteiger partial charge in [0, 0.05) is 106 Å². The fourth-order valence-corrected chi connectivity index (χ4v) is 11.5. The smallest absolute Gasteiger partial charge is 0.508 e. The third-order valence-electron chi connectivity index (χ3n) is 15.6. The number of aromatic hydroxyl groups is 1. The molecule has 544 valence electrons. The van der Waals surface area contributed by atoms with Gasteiger partial charge in [-0.1, -0.05) is 103 Å². The van der Waals surface area contributed by atoms with E-state index in [1.165, 1.54) is 54.7 Å². The number of aliphatic hydroxyl groups excluding tert-OH is 3. The highest BCUT2D eigenvalue weighted by Gasteiger charge is 2.32. The summed E-state index contributed by atoms with van der Waals surface area (Å²) in [4.78, 5) is 77.3. The zero-order valence-electron chi connectivity index (χ0n) is 55.6. The molecule has 0 spiro atoms. The molecule has 20 nitrogen and oxygen atoms in total. The lowest BCUT2D eigenvalue weighted by Crippen LogP contribution is -2.39. The second-order valence-corrected chi connectivity index (χ2v) is 30.2. The first kappa shape index (κ1) is 81.6. The van der Waals surface area contributed by atoms with Crippen LogP contribution in [0.2, 0.25) is 0 Å². The van der Waals surface area contributed by atoms with Crippen LogP contribution in [0.3, 0.4) is 0 Å². The summed E-state index contributed by atoms with van der Waals surface area (Å²) in [6.07, 6.45) is -7.41. The number of halogens is 10. The Morgan fingerprint density at radius 1 is 0.437 bits per heavy atom. The van der Waals surface area contributed by atoms with Crippen LogP contribution in [0.15, 0.2) is 205 Å². The van der Waals surface area contributed by atoms with Crippen LogP contribution in [0.25, 0.3) is 32.7 Å². The maximum Gasteiger partial charge on any atom is 0.573 e. The summed E-state index contributed by atoms with van der Waals surface area (Å²) in [6.45, 7) is -0.0277. The van der Waals surface area contributed by atoms with Gasteiger partial charge in [-0.3, -0.25) is 41.8 Å². The highest BCUT2D eigenvalue weighted by atomic mass is 127. The number of nitrogens with zero attached hydrogens (tertiary/aromatic N) is 6. The van der Waals surface area contributed by atoms with Crippen LogP contribution < -0.4 is 52.7 Å². The summed E-state index contributed by atoms with van der Waals surface area (Å²) in [7, 11) is 6.37. The summed E-state index contributed by atoms with van der Waals surface area (Å²) in [5, 5.41) is 38.7.